The van der Waals surface area contributed by atoms with E-state index in [4.69, 9.17) is 15.0 Å². The van der Waals surface area contributed by atoms with Gasteiger partial charge < -0.3 is 24.8 Å². The van der Waals surface area contributed by atoms with E-state index >= 15 is 0 Å². The molecule has 7 heteroatoms. The summed E-state index contributed by atoms with van der Waals surface area (Å²) in [5.41, 5.74) is 7.20. The normalized spacial score (nSPS) is 20.6. The highest BCUT2D eigenvalue weighted by atomic mass is 16.5. The fourth-order valence-electron chi connectivity index (χ4n) is 3.62. The molecule has 7 nitrogen and oxygen atoms in total. The molecule has 1 amide bonds. The Morgan fingerprint density at radius 2 is 1.96 bits per heavy atom. The van der Waals surface area contributed by atoms with Crippen LogP contribution >= 0.6 is 0 Å². The fraction of sp³-hybridized carbons (Fsp3) is 0.474. The highest BCUT2D eigenvalue weighted by Crippen LogP contribution is 2.34. The van der Waals surface area contributed by atoms with E-state index in [9.17, 15) is 4.79 Å². The Balaban J connectivity index is 1.71. The predicted octanol–water partition coefficient (Wildman–Crippen LogP) is 1.60. The van der Waals surface area contributed by atoms with Gasteiger partial charge in [-0.25, -0.2) is 0 Å². The fourth-order valence-corrected chi connectivity index (χ4v) is 3.62. The molecule has 0 aliphatic carbocycles. The van der Waals surface area contributed by atoms with Crippen molar-refractivity contribution in [1.82, 2.24) is 10.1 Å². The Morgan fingerprint density at radius 3 is 2.65 bits per heavy atom. The summed E-state index contributed by atoms with van der Waals surface area (Å²) in [6, 6.07) is 9.68. The molecular formula is C19H24N4O3. The molecule has 0 bridgehead atoms. The summed E-state index contributed by atoms with van der Waals surface area (Å²) in [6.07, 6.45) is 0.946. The maximum absolute atomic E-state index is 13.4. The standard InChI is InChI=1S/C19H24N4O3/c20-12-14-6-7-23(13-14)19(24)16-17(15-4-2-1-3-5-15)26-21-18(16)22-8-10-25-11-9-22/h1-5,14H,6-13,20H2. The number of aromatic nitrogens is 1. The van der Waals surface area contributed by atoms with Crippen molar-refractivity contribution in [3.8, 4) is 11.3 Å². The van der Waals surface area contributed by atoms with Crippen molar-refractivity contribution in [3.63, 3.8) is 0 Å². The van der Waals surface area contributed by atoms with Crippen molar-refractivity contribution in [2.75, 3.05) is 50.8 Å². The molecule has 2 aliphatic heterocycles. The minimum Gasteiger partial charge on any atom is -0.378 e. The molecule has 2 saturated heterocycles. The number of hydrogen-bond donors (Lipinski definition) is 1. The van der Waals surface area contributed by atoms with Gasteiger partial charge in [-0.1, -0.05) is 35.5 Å². The van der Waals surface area contributed by atoms with Crippen LogP contribution in [0.3, 0.4) is 0 Å². The van der Waals surface area contributed by atoms with Crippen LogP contribution in [0.4, 0.5) is 5.82 Å². The molecule has 0 spiro atoms. The number of carbonyl (C=O) groups is 1. The second-order valence-electron chi connectivity index (χ2n) is 6.82. The van der Waals surface area contributed by atoms with Crippen LogP contribution in [0.15, 0.2) is 34.9 Å². The first kappa shape index (κ1) is 17.1. The maximum Gasteiger partial charge on any atom is 0.261 e. The Hall–Kier alpha value is -2.38. The molecule has 2 fully saturated rings. The van der Waals surface area contributed by atoms with Crippen molar-refractivity contribution in [2.45, 2.75) is 6.42 Å². The summed E-state index contributed by atoms with van der Waals surface area (Å²) in [6.45, 7) is 4.68. The Morgan fingerprint density at radius 1 is 1.19 bits per heavy atom. The van der Waals surface area contributed by atoms with E-state index in [-0.39, 0.29) is 5.91 Å². The van der Waals surface area contributed by atoms with Gasteiger partial charge >= 0.3 is 0 Å². The maximum atomic E-state index is 13.4. The quantitative estimate of drug-likeness (QED) is 0.896. The van der Waals surface area contributed by atoms with Gasteiger partial charge in [0.2, 0.25) is 0 Å². The van der Waals surface area contributed by atoms with E-state index in [1.54, 1.807) is 0 Å². The lowest BCUT2D eigenvalue weighted by Gasteiger charge is -2.27. The monoisotopic (exact) mass is 356 g/mol. The first-order valence-corrected chi connectivity index (χ1v) is 9.15. The number of nitrogens with zero attached hydrogens (tertiary/aromatic N) is 3. The number of hydrogen-bond acceptors (Lipinski definition) is 6. The van der Waals surface area contributed by atoms with E-state index in [0.29, 0.717) is 62.5 Å². The number of anilines is 1. The summed E-state index contributed by atoms with van der Waals surface area (Å²) in [5, 5.41) is 4.27. The highest BCUT2D eigenvalue weighted by Gasteiger charge is 2.34. The molecule has 138 valence electrons. The SMILES string of the molecule is NCC1CCN(C(=O)c2c(N3CCOCC3)noc2-c2ccccc2)C1. The lowest BCUT2D eigenvalue weighted by atomic mass is 10.1. The number of rotatable bonds is 4. The minimum atomic E-state index is -0.0254. The van der Waals surface area contributed by atoms with Crippen molar-refractivity contribution >= 4 is 11.7 Å². The molecule has 3 heterocycles. The Kier molecular flexibility index (Phi) is 4.90. The van der Waals surface area contributed by atoms with Gasteiger partial charge in [0.25, 0.3) is 5.91 Å². The molecule has 1 unspecified atom stereocenters. The Bertz CT molecular complexity index is 755. The predicted molar refractivity (Wildman–Crippen MR) is 98.0 cm³/mol. The molecule has 26 heavy (non-hydrogen) atoms. The number of benzene rings is 1. The molecule has 0 saturated carbocycles. The first-order valence-electron chi connectivity index (χ1n) is 9.15. The van der Waals surface area contributed by atoms with E-state index in [2.05, 4.69) is 10.1 Å². The number of amides is 1. The van der Waals surface area contributed by atoms with Crippen LogP contribution in [0, 0.1) is 5.92 Å². The van der Waals surface area contributed by atoms with Gasteiger partial charge in [-0.3, -0.25) is 4.79 Å². The number of carbonyl (C=O) groups excluding carboxylic acids is 1. The van der Waals surface area contributed by atoms with Gasteiger partial charge in [-0.15, -0.1) is 0 Å². The molecule has 2 aromatic rings. The average Bonchev–Trinajstić information content (AvgIpc) is 3.36. The van der Waals surface area contributed by atoms with Gasteiger partial charge in [-0.2, -0.15) is 0 Å². The van der Waals surface area contributed by atoms with E-state index in [1.165, 1.54) is 0 Å². The highest BCUT2D eigenvalue weighted by molar-refractivity contribution is 6.04. The zero-order valence-electron chi connectivity index (χ0n) is 14.8. The summed E-state index contributed by atoms with van der Waals surface area (Å²) in [5.74, 6) is 1.50. The summed E-state index contributed by atoms with van der Waals surface area (Å²) in [4.78, 5) is 17.3. The van der Waals surface area contributed by atoms with E-state index < -0.39 is 0 Å². The van der Waals surface area contributed by atoms with E-state index in [1.807, 2.05) is 35.2 Å². The molecule has 2 N–H and O–H groups in total. The molecular weight excluding hydrogens is 332 g/mol. The summed E-state index contributed by atoms with van der Waals surface area (Å²) < 4.78 is 11.1. The van der Waals surface area contributed by atoms with Crippen molar-refractivity contribution < 1.29 is 14.1 Å². The molecule has 1 atom stereocenters. The molecule has 4 rings (SSSR count). The third-order valence-corrected chi connectivity index (χ3v) is 5.14. The molecule has 1 aromatic heterocycles. The minimum absolute atomic E-state index is 0.0254. The average molecular weight is 356 g/mol. The smallest absolute Gasteiger partial charge is 0.261 e. The second-order valence-corrected chi connectivity index (χ2v) is 6.82. The van der Waals surface area contributed by atoms with Gasteiger partial charge in [0.15, 0.2) is 11.6 Å². The Labute approximate surface area is 152 Å². The zero-order valence-corrected chi connectivity index (χ0v) is 14.8. The number of nitrogens with two attached hydrogens (primary N) is 1. The van der Waals surface area contributed by atoms with Crippen molar-refractivity contribution in [3.05, 3.63) is 35.9 Å². The van der Waals surface area contributed by atoms with Crippen LogP contribution in [0.5, 0.6) is 0 Å². The molecule has 2 aliphatic rings. The largest absolute Gasteiger partial charge is 0.378 e. The second kappa shape index (κ2) is 7.47. The van der Waals surface area contributed by atoms with Crippen LogP contribution in [0.25, 0.3) is 11.3 Å². The lowest BCUT2D eigenvalue weighted by molar-refractivity contribution is 0.0787. The van der Waals surface area contributed by atoms with Gasteiger partial charge in [0.1, 0.15) is 5.56 Å². The zero-order chi connectivity index (χ0) is 17.9. The summed E-state index contributed by atoms with van der Waals surface area (Å²) >= 11 is 0. The third-order valence-electron chi connectivity index (χ3n) is 5.14. The van der Waals surface area contributed by atoms with Gasteiger partial charge in [0.05, 0.1) is 13.2 Å². The molecule has 0 radical (unpaired) electrons. The third kappa shape index (κ3) is 3.20. The topological polar surface area (TPSA) is 84.8 Å². The van der Waals surface area contributed by atoms with Crippen LogP contribution in [0.2, 0.25) is 0 Å². The lowest BCUT2D eigenvalue weighted by Crippen LogP contribution is -2.38. The number of morpholine rings is 1. The summed E-state index contributed by atoms with van der Waals surface area (Å²) in [7, 11) is 0. The van der Waals surface area contributed by atoms with Gasteiger partial charge in [-0.05, 0) is 18.9 Å². The van der Waals surface area contributed by atoms with Crippen LogP contribution in [-0.4, -0.2) is 61.9 Å². The van der Waals surface area contributed by atoms with Crippen molar-refractivity contribution in [1.29, 1.82) is 0 Å². The van der Waals surface area contributed by atoms with Crippen LogP contribution < -0.4 is 10.6 Å². The van der Waals surface area contributed by atoms with Crippen LogP contribution in [0.1, 0.15) is 16.8 Å². The van der Waals surface area contributed by atoms with Crippen molar-refractivity contribution in [2.24, 2.45) is 11.7 Å². The number of likely N-dealkylation sites (tertiary alicyclic amines) is 1. The number of ether oxygens (including phenoxy) is 1. The van der Waals surface area contributed by atoms with Crippen LogP contribution in [-0.2, 0) is 4.74 Å². The van der Waals surface area contributed by atoms with E-state index in [0.717, 1.165) is 18.5 Å². The first-order chi connectivity index (χ1) is 12.8. The molecule has 1 aromatic carbocycles. The van der Waals surface area contributed by atoms with Gasteiger partial charge in [0, 0.05) is 31.7 Å².